The third kappa shape index (κ3) is 5.31. The molecule has 0 spiro atoms. The topological polar surface area (TPSA) is 119 Å². The van der Waals surface area contributed by atoms with Crippen molar-refractivity contribution in [3.05, 3.63) is 52.2 Å². The van der Waals surface area contributed by atoms with E-state index >= 15 is 0 Å². The molecule has 196 valence electrons. The number of hydrogen-bond donors (Lipinski definition) is 1. The molecule has 1 N–H and O–H groups in total. The molecular weight excluding hydrogens is 478 g/mol. The van der Waals surface area contributed by atoms with Crippen LogP contribution in [0.4, 0.5) is 4.79 Å². The van der Waals surface area contributed by atoms with Crippen molar-refractivity contribution in [2.45, 2.75) is 38.9 Å². The van der Waals surface area contributed by atoms with E-state index < -0.39 is 6.09 Å². The van der Waals surface area contributed by atoms with Crippen molar-refractivity contribution in [1.82, 2.24) is 24.3 Å². The van der Waals surface area contributed by atoms with Crippen LogP contribution in [0, 0.1) is 6.92 Å². The van der Waals surface area contributed by atoms with Crippen molar-refractivity contribution in [1.29, 1.82) is 0 Å². The number of carbonyl (C=O) groups is 1. The zero-order valence-corrected chi connectivity index (χ0v) is 21.1. The fourth-order valence-electron chi connectivity index (χ4n) is 5.04. The Labute approximate surface area is 214 Å². The second kappa shape index (κ2) is 10.6. The highest BCUT2D eigenvalue weighted by Crippen LogP contribution is 2.30. The monoisotopic (exact) mass is 509 g/mol. The molecule has 1 saturated heterocycles. The predicted octanol–water partition coefficient (Wildman–Crippen LogP) is 2.52. The standard InChI is InChI=1S/C26H31N5O6/c1-17-11-24(32)30(21-13-20(35-2)14-28-25(17)21)8-7-29-5-3-19(4-6-29)31(26(33)34)16-18-12-22-23(15-27-18)37-10-9-36-22/h11-15,19H,3-10,16H2,1-2H3,(H,33,34). The molecule has 0 unspecified atom stereocenters. The lowest BCUT2D eigenvalue weighted by atomic mass is 10.0. The van der Waals surface area contributed by atoms with Gasteiger partial charge in [0.1, 0.15) is 19.0 Å². The van der Waals surface area contributed by atoms with Crippen LogP contribution in [0.3, 0.4) is 0 Å². The first kappa shape index (κ1) is 24.8. The molecule has 3 aromatic rings. The molecule has 11 heteroatoms. The third-order valence-corrected chi connectivity index (χ3v) is 7.05. The van der Waals surface area contributed by atoms with Crippen LogP contribution < -0.4 is 19.8 Å². The summed E-state index contributed by atoms with van der Waals surface area (Å²) in [7, 11) is 1.58. The molecule has 1 fully saturated rings. The van der Waals surface area contributed by atoms with Gasteiger partial charge in [-0.05, 0) is 25.3 Å². The molecule has 0 aromatic carbocycles. The number of carboxylic acid groups (broad SMARTS) is 1. The Morgan fingerprint density at radius 2 is 1.86 bits per heavy atom. The van der Waals surface area contributed by atoms with Gasteiger partial charge in [-0.25, -0.2) is 4.79 Å². The number of pyridine rings is 3. The van der Waals surface area contributed by atoms with Crippen molar-refractivity contribution in [3.63, 3.8) is 0 Å². The molecule has 3 aromatic heterocycles. The molecule has 5 rings (SSSR count). The number of rotatable bonds is 7. The zero-order chi connectivity index (χ0) is 25.9. The van der Waals surface area contributed by atoms with E-state index in [-0.39, 0.29) is 18.1 Å². The van der Waals surface area contributed by atoms with Crippen LogP contribution in [0.1, 0.15) is 24.1 Å². The van der Waals surface area contributed by atoms with Crippen molar-refractivity contribution in [2.75, 3.05) is 40.0 Å². The molecule has 0 bridgehead atoms. The second-order valence-electron chi connectivity index (χ2n) is 9.36. The highest BCUT2D eigenvalue weighted by atomic mass is 16.6. The first-order valence-electron chi connectivity index (χ1n) is 12.4. The van der Waals surface area contributed by atoms with E-state index in [0.29, 0.717) is 62.1 Å². The van der Waals surface area contributed by atoms with Gasteiger partial charge in [-0.2, -0.15) is 0 Å². The summed E-state index contributed by atoms with van der Waals surface area (Å²) in [6, 6.07) is 5.11. The fraction of sp³-hybridized carbons (Fsp3) is 0.462. The highest BCUT2D eigenvalue weighted by Gasteiger charge is 2.29. The summed E-state index contributed by atoms with van der Waals surface area (Å²) in [6.45, 7) is 5.69. The van der Waals surface area contributed by atoms with E-state index in [4.69, 9.17) is 14.2 Å². The Morgan fingerprint density at radius 3 is 2.59 bits per heavy atom. The van der Waals surface area contributed by atoms with Gasteiger partial charge in [0.15, 0.2) is 11.5 Å². The smallest absolute Gasteiger partial charge is 0.407 e. The van der Waals surface area contributed by atoms with E-state index in [0.717, 1.165) is 29.7 Å². The lowest BCUT2D eigenvalue weighted by Crippen LogP contribution is -2.47. The lowest BCUT2D eigenvalue weighted by molar-refractivity contribution is 0.0848. The predicted molar refractivity (Wildman–Crippen MR) is 136 cm³/mol. The number of fused-ring (bicyclic) bond motifs is 2. The maximum absolute atomic E-state index is 12.8. The summed E-state index contributed by atoms with van der Waals surface area (Å²) in [6.07, 6.45) is 3.69. The average Bonchev–Trinajstić information content (AvgIpc) is 2.91. The van der Waals surface area contributed by atoms with Gasteiger partial charge in [0, 0.05) is 50.4 Å². The van der Waals surface area contributed by atoms with Gasteiger partial charge in [-0.3, -0.25) is 19.7 Å². The Balaban J connectivity index is 1.22. The van der Waals surface area contributed by atoms with E-state index in [2.05, 4.69) is 14.9 Å². The minimum absolute atomic E-state index is 0.0704. The summed E-state index contributed by atoms with van der Waals surface area (Å²) in [4.78, 5) is 37.5. The number of likely N-dealkylation sites (tertiary alicyclic amines) is 1. The van der Waals surface area contributed by atoms with E-state index in [1.165, 1.54) is 4.90 Å². The molecule has 37 heavy (non-hydrogen) atoms. The van der Waals surface area contributed by atoms with Crippen molar-refractivity contribution in [2.24, 2.45) is 0 Å². The fourth-order valence-corrected chi connectivity index (χ4v) is 5.04. The zero-order valence-electron chi connectivity index (χ0n) is 21.1. The van der Waals surface area contributed by atoms with Crippen molar-refractivity contribution in [3.8, 4) is 17.2 Å². The highest BCUT2D eigenvalue weighted by molar-refractivity contribution is 5.79. The van der Waals surface area contributed by atoms with Crippen LogP contribution in [0.15, 0.2) is 35.4 Å². The molecule has 0 atom stereocenters. The van der Waals surface area contributed by atoms with Gasteiger partial charge in [0.25, 0.3) is 5.56 Å². The number of amides is 1. The van der Waals surface area contributed by atoms with Gasteiger partial charge in [0.2, 0.25) is 0 Å². The Kier molecular flexibility index (Phi) is 7.13. The van der Waals surface area contributed by atoms with Crippen LogP contribution in [0.2, 0.25) is 0 Å². The number of piperidine rings is 1. The van der Waals surface area contributed by atoms with Gasteiger partial charge >= 0.3 is 6.09 Å². The van der Waals surface area contributed by atoms with E-state index in [1.807, 2.05) is 13.0 Å². The van der Waals surface area contributed by atoms with Crippen LogP contribution in [0.5, 0.6) is 17.2 Å². The van der Waals surface area contributed by atoms with Gasteiger partial charge < -0.3 is 28.8 Å². The second-order valence-corrected chi connectivity index (χ2v) is 9.36. The van der Waals surface area contributed by atoms with Crippen LogP contribution in [0.25, 0.3) is 11.0 Å². The van der Waals surface area contributed by atoms with Crippen LogP contribution in [-0.4, -0.2) is 81.5 Å². The average molecular weight is 510 g/mol. The van der Waals surface area contributed by atoms with Gasteiger partial charge in [0.05, 0.1) is 42.8 Å². The Morgan fingerprint density at radius 1 is 1.11 bits per heavy atom. The minimum atomic E-state index is -0.964. The number of hydrogen-bond acceptors (Lipinski definition) is 8. The number of aryl methyl sites for hydroxylation is 1. The maximum atomic E-state index is 12.8. The summed E-state index contributed by atoms with van der Waals surface area (Å²) >= 11 is 0. The molecular formula is C26H31N5O6. The number of ether oxygens (including phenoxy) is 3. The summed E-state index contributed by atoms with van der Waals surface area (Å²) < 4.78 is 18.2. The minimum Gasteiger partial charge on any atom is -0.495 e. The quantitative estimate of drug-likeness (QED) is 0.512. The first-order chi connectivity index (χ1) is 17.9. The molecule has 1 amide bonds. The normalized spacial score (nSPS) is 16.1. The number of aromatic nitrogens is 3. The van der Waals surface area contributed by atoms with Crippen molar-refractivity contribution >= 4 is 17.1 Å². The SMILES string of the molecule is COc1cnc2c(C)cc(=O)n(CCN3CCC(N(Cc4cc5c(cn4)OCCO5)C(=O)O)CC3)c2c1. The lowest BCUT2D eigenvalue weighted by Gasteiger charge is -2.37. The summed E-state index contributed by atoms with van der Waals surface area (Å²) in [5.74, 6) is 1.79. The van der Waals surface area contributed by atoms with Crippen LogP contribution >= 0.6 is 0 Å². The third-order valence-electron chi connectivity index (χ3n) is 7.05. The molecule has 5 heterocycles. The Hall–Kier alpha value is -3.86. The molecule has 0 aliphatic carbocycles. The van der Waals surface area contributed by atoms with Crippen LogP contribution in [-0.2, 0) is 13.1 Å². The van der Waals surface area contributed by atoms with Gasteiger partial charge in [-0.15, -0.1) is 0 Å². The molecule has 2 aliphatic rings. The molecule has 2 aliphatic heterocycles. The van der Waals surface area contributed by atoms with E-state index in [9.17, 15) is 14.7 Å². The first-order valence-corrected chi connectivity index (χ1v) is 12.4. The molecule has 11 nitrogen and oxygen atoms in total. The Bertz CT molecular complexity index is 1350. The van der Waals surface area contributed by atoms with Gasteiger partial charge in [-0.1, -0.05) is 0 Å². The molecule has 0 saturated carbocycles. The number of methoxy groups -OCH3 is 1. The molecule has 0 radical (unpaired) electrons. The largest absolute Gasteiger partial charge is 0.495 e. The maximum Gasteiger partial charge on any atom is 0.407 e. The van der Waals surface area contributed by atoms with Crippen molar-refractivity contribution < 1.29 is 24.1 Å². The summed E-state index contributed by atoms with van der Waals surface area (Å²) in [5.41, 5.74) is 2.93. The number of nitrogens with zero attached hydrogens (tertiary/aromatic N) is 5. The van der Waals surface area contributed by atoms with E-state index in [1.54, 1.807) is 36.2 Å². The summed E-state index contributed by atoms with van der Waals surface area (Å²) in [5, 5.41) is 9.91.